The Kier molecular flexibility index (Phi) is 12.1. The summed E-state index contributed by atoms with van der Waals surface area (Å²) < 4.78 is 10.8. The van der Waals surface area contributed by atoms with Crippen molar-refractivity contribution in [3.8, 4) is 0 Å². The Balaban J connectivity index is 3.35. The lowest BCUT2D eigenvalue weighted by Crippen LogP contribution is -2.17. The molecule has 1 atom stereocenters. The van der Waals surface area contributed by atoms with Crippen molar-refractivity contribution in [1.82, 2.24) is 0 Å². The van der Waals surface area contributed by atoms with E-state index >= 15 is 0 Å². The normalized spacial score (nSPS) is 13.0. The summed E-state index contributed by atoms with van der Waals surface area (Å²) in [6, 6.07) is 0. The highest BCUT2D eigenvalue weighted by atomic mass is 32.2. The first-order valence-electron chi connectivity index (χ1n) is 7.88. The van der Waals surface area contributed by atoms with E-state index in [4.69, 9.17) is 9.05 Å². The maximum Gasteiger partial charge on any atom is 0.194 e. The van der Waals surface area contributed by atoms with Crippen molar-refractivity contribution in [2.75, 3.05) is 24.7 Å². The molecule has 4 nitrogen and oxygen atoms in total. The molecule has 0 amide bonds. The van der Waals surface area contributed by atoms with Gasteiger partial charge in [0.05, 0.1) is 13.2 Å². The zero-order valence-corrected chi connectivity index (χ0v) is 17.8. The van der Waals surface area contributed by atoms with Crippen molar-refractivity contribution in [2.24, 2.45) is 10.8 Å². The minimum absolute atomic E-state index is 0.0221. The number of thioether (sulfide) groups is 2. The molecule has 0 aromatic rings. The molecule has 0 bridgehead atoms. The molecule has 0 aliphatic heterocycles. The van der Waals surface area contributed by atoms with Crippen molar-refractivity contribution in [2.45, 2.75) is 54.4 Å². The first-order chi connectivity index (χ1) is 10.5. The molecule has 7 heteroatoms. The number of hydrogen-bond acceptors (Lipinski definition) is 6. The van der Waals surface area contributed by atoms with E-state index in [-0.39, 0.29) is 30.1 Å². The predicted molar refractivity (Wildman–Crippen MR) is 103 cm³/mol. The minimum Gasteiger partial charge on any atom is -0.336 e. The second-order valence-corrected chi connectivity index (χ2v) is 10.1. The highest BCUT2D eigenvalue weighted by Crippen LogP contribution is 2.24. The van der Waals surface area contributed by atoms with Crippen LogP contribution in [0.1, 0.15) is 54.4 Å². The molecule has 0 saturated carbocycles. The summed E-state index contributed by atoms with van der Waals surface area (Å²) in [5.41, 5.74) is -0.557. The standard InChI is InChI=1S/C16H31O4PS2/c1-15(2,3)13(17)22-11-8-7-9-19-21-20-10-12-23-14(18)16(4,5)6/h21H,7-12H2,1-6H3. The third-order valence-corrected chi connectivity index (χ3v) is 5.89. The minimum atomic E-state index is -0.296. The van der Waals surface area contributed by atoms with Crippen LogP contribution in [0.4, 0.5) is 0 Å². The van der Waals surface area contributed by atoms with E-state index in [1.807, 2.05) is 41.5 Å². The maximum atomic E-state index is 11.7. The SMILES string of the molecule is CC(C)(C)C(=O)SCCCCOPOCCSC(=O)C(C)(C)C. The summed E-state index contributed by atoms with van der Waals surface area (Å²) in [7, 11) is 0.0221. The quantitative estimate of drug-likeness (QED) is 0.395. The van der Waals surface area contributed by atoms with Gasteiger partial charge in [0.25, 0.3) is 0 Å². The van der Waals surface area contributed by atoms with Gasteiger partial charge in [-0.25, -0.2) is 0 Å². The van der Waals surface area contributed by atoms with Crippen LogP contribution < -0.4 is 0 Å². The van der Waals surface area contributed by atoms with Gasteiger partial charge in [-0.2, -0.15) is 0 Å². The van der Waals surface area contributed by atoms with Crippen molar-refractivity contribution in [3.05, 3.63) is 0 Å². The molecule has 0 aromatic heterocycles. The summed E-state index contributed by atoms with van der Waals surface area (Å²) in [4.78, 5) is 23.4. The van der Waals surface area contributed by atoms with Gasteiger partial charge in [0.2, 0.25) is 0 Å². The van der Waals surface area contributed by atoms with Gasteiger partial charge in [-0.05, 0) is 12.8 Å². The van der Waals surface area contributed by atoms with Crippen LogP contribution in [0.25, 0.3) is 0 Å². The van der Waals surface area contributed by atoms with Crippen molar-refractivity contribution in [1.29, 1.82) is 0 Å². The molecule has 1 unspecified atom stereocenters. The molecule has 0 rings (SSSR count). The fraction of sp³-hybridized carbons (Fsp3) is 0.875. The van der Waals surface area contributed by atoms with E-state index in [2.05, 4.69) is 0 Å². The molecule has 0 fully saturated rings. The number of carbonyl (C=O) groups is 2. The Hall–Kier alpha value is 0.390. The number of hydrogen-bond donors (Lipinski definition) is 0. The topological polar surface area (TPSA) is 52.6 Å². The Morgan fingerprint density at radius 1 is 0.783 bits per heavy atom. The fourth-order valence-corrected chi connectivity index (χ4v) is 3.57. The molecule has 0 aliphatic carbocycles. The summed E-state index contributed by atoms with van der Waals surface area (Å²) >= 11 is 2.72. The smallest absolute Gasteiger partial charge is 0.194 e. The van der Waals surface area contributed by atoms with Gasteiger partial charge in [-0.15, -0.1) is 0 Å². The van der Waals surface area contributed by atoms with Crippen molar-refractivity contribution >= 4 is 42.8 Å². The van der Waals surface area contributed by atoms with Crippen LogP contribution >= 0.6 is 32.6 Å². The zero-order chi connectivity index (χ0) is 17.9. The molecule has 0 spiro atoms. The van der Waals surface area contributed by atoms with Crippen LogP contribution in [0.2, 0.25) is 0 Å². The van der Waals surface area contributed by atoms with E-state index in [1.54, 1.807) is 0 Å². The lowest BCUT2D eigenvalue weighted by Gasteiger charge is -2.15. The zero-order valence-electron chi connectivity index (χ0n) is 15.2. The lowest BCUT2D eigenvalue weighted by atomic mass is 9.99. The number of rotatable bonds is 10. The second-order valence-electron chi connectivity index (χ2n) is 7.26. The molecule has 0 radical (unpaired) electrons. The third-order valence-electron chi connectivity index (χ3n) is 2.64. The molecule has 0 aromatic carbocycles. The average Bonchev–Trinajstić information content (AvgIpc) is 2.42. The van der Waals surface area contributed by atoms with Crippen LogP contribution in [-0.4, -0.2) is 35.0 Å². The molecule has 23 heavy (non-hydrogen) atoms. The molecule has 136 valence electrons. The van der Waals surface area contributed by atoms with Gasteiger partial charge in [0.1, 0.15) is 0 Å². The number of carbonyl (C=O) groups excluding carboxylic acids is 2. The van der Waals surface area contributed by atoms with Crippen LogP contribution in [-0.2, 0) is 18.6 Å². The molecule has 0 N–H and O–H groups in total. The Morgan fingerprint density at radius 3 is 1.78 bits per heavy atom. The monoisotopic (exact) mass is 382 g/mol. The van der Waals surface area contributed by atoms with E-state index in [0.717, 1.165) is 18.6 Å². The summed E-state index contributed by atoms with van der Waals surface area (Å²) in [6.07, 6.45) is 1.89. The first-order valence-corrected chi connectivity index (χ1v) is 10.7. The molecular formula is C16H31O4PS2. The Morgan fingerprint density at radius 2 is 1.26 bits per heavy atom. The largest absolute Gasteiger partial charge is 0.336 e. The molecule has 0 aliphatic rings. The molecule has 0 heterocycles. The fourth-order valence-electron chi connectivity index (χ4n) is 1.18. The van der Waals surface area contributed by atoms with Crippen molar-refractivity contribution < 1.29 is 18.6 Å². The third kappa shape index (κ3) is 13.4. The lowest BCUT2D eigenvalue weighted by molar-refractivity contribution is -0.118. The van der Waals surface area contributed by atoms with E-state index < -0.39 is 0 Å². The van der Waals surface area contributed by atoms with Crippen LogP contribution in [0, 0.1) is 10.8 Å². The highest BCUT2D eigenvalue weighted by Gasteiger charge is 2.21. The van der Waals surface area contributed by atoms with E-state index in [0.29, 0.717) is 19.0 Å². The molecular weight excluding hydrogens is 351 g/mol. The van der Waals surface area contributed by atoms with Crippen LogP contribution in [0.15, 0.2) is 0 Å². The van der Waals surface area contributed by atoms with Gasteiger partial charge >= 0.3 is 0 Å². The van der Waals surface area contributed by atoms with Gasteiger partial charge in [0, 0.05) is 22.3 Å². The van der Waals surface area contributed by atoms with E-state index in [9.17, 15) is 9.59 Å². The summed E-state index contributed by atoms with van der Waals surface area (Å²) in [6.45, 7) is 12.8. The second kappa shape index (κ2) is 11.9. The van der Waals surface area contributed by atoms with Gasteiger partial charge in [-0.1, -0.05) is 65.1 Å². The van der Waals surface area contributed by atoms with Gasteiger partial charge < -0.3 is 9.05 Å². The first kappa shape index (κ1) is 23.4. The Labute approximate surface area is 151 Å². The highest BCUT2D eigenvalue weighted by molar-refractivity contribution is 8.14. The summed E-state index contributed by atoms with van der Waals surface area (Å²) in [5.74, 6) is 1.51. The van der Waals surface area contributed by atoms with Crippen LogP contribution in [0.5, 0.6) is 0 Å². The van der Waals surface area contributed by atoms with Gasteiger partial charge in [-0.3, -0.25) is 9.59 Å². The predicted octanol–water partition coefficient (Wildman–Crippen LogP) is 4.92. The van der Waals surface area contributed by atoms with Crippen molar-refractivity contribution in [3.63, 3.8) is 0 Å². The summed E-state index contributed by atoms with van der Waals surface area (Å²) in [5, 5.41) is 0.429. The number of unbranched alkanes of at least 4 members (excludes halogenated alkanes) is 1. The Bertz CT molecular complexity index is 328. The van der Waals surface area contributed by atoms with E-state index in [1.165, 1.54) is 23.5 Å². The van der Waals surface area contributed by atoms with Gasteiger partial charge in [0.15, 0.2) is 19.3 Å². The molecule has 0 saturated heterocycles. The average molecular weight is 383 g/mol. The van der Waals surface area contributed by atoms with Crippen LogP contribution in [0.3, 0.4) is 0 Å². The maximum absolute atomic E-state index is 11.7.